The molecule has 10 nitrogen and oxygen atoms in total. The number of halogens is 1. The number of fused-ring (bicyclic) bond motifs is 1. The fraction of sp³-hybridized carbons (Fsp3) is 0.318. The van der Waals surface area contributed by atoms with E-state index < -0.39 is 11.8 Å². The SMILES string of the molecule is CC1(c2cc(NC(=O)Nc3ccc(-c4nn(C5CC5)c5ncnc(N)c45)cc3F)no2)CC1. The summed E-state index contributed by atoms with van der Waals surface area (Å²) in [6, 6.07) is 5.80. The van der Waals surface area contributed by atoms with Crippen LogP contribution < -0.4 is 16.4 Å². The highest BCUT2D eigenvalue weighted by molar-refractivity contribution is 6.00. The van der Waals surface area contributed by atoms with Crippen LogP contribution in [0.25, 0.3) is 22.3 Å². The molecule has 1 aromatic carbocycles. The Morgan fingerprint density at radius 2 is 2.06 bits per heavy atom. The van der Waals surface area contributed by atoms with Crippen LogP contribution in [0.1, 0.15) is 44.4 Å². The molecule has 0 saturated heterocycles. The second-order valence-electron chi connectivity index (χ2n) is 8.89. The standard InChI is InChI=1S/C22H21FN8O2/c1-22(6-7-22)15-9-16(30-33-15)28-21(32)27-14-5-2-11(8-13(14)23)18-17-19(24)25-10-26-20(17)31(29-18)12-3-4-12/h2,5,8-10,12H,3-4,6-7H2,1H3,(H2,24,25,26)(H2,27,28,30,32). The van der Waals surface area contributed by atoms with Gasteiger partial charge in [0.15, 0.2) is 11.5 Å². The summed E-state index contributed by atoms with van der Waals surface area (Å²) in [6.45, 7) is 2.07. The summed E-state index contributed by atoms with van der Waals surface area (Å²) >= 11 is 0. The maximum Gasteiger partial charge on any atom is 0.325 e. The average molecular weight is 448 g/mol. The van der Waals surface area contributed by atoms with E-state index in [1.54, 1.807) is 12.1 Å². The van der Waals surface area contributed by atoms with Gasteiger partial charge in [0, 0.05) is 17.0 Å². The summed E-state index contributed by atoms with van der Waals surface area (Å²) < 4.78 is 22.0. The molecule has 2 aliphatic rings. The highest BCUT2D eigenvalue weighted by Crippen LogP contribution is 2.48. The number of carbonyl (C=O) groups excluding carboxylic acids is 1. The zero-order valence-electron chi connectivity index (χ0n) is 17.8. The number of nitrogen functional groups attached to an aromatic ring is 1. The maximum atomic E-state index is 14.9. The first-order valence-electron chi connectivity index (χ1n) is 10.8. The predicted octanol–water partition coefficient (Wildman–Crippen LogP) is 4.23. The number of hydrogen-bond donors (Lipinski definition) is 3. The quantitative estimate of drug-likeness (QED) is 0.415. The Hall–Kier alpha value is -4.02. The average Bonchev–Trinajstić information content (AvgIpc) is 3.68. The molecular weight excluding hydrogens is 427 g/mol. The first kappa shape index (κ1) is 19.6. The number of aromatic nitrogens is 5. The van der Waals surface area contributed by atoms with Gasteiger partial charge in [-0.2, -0.15) is 5.10 Å². The lowest BCUT2D eigenvalue weighted by atomic mass is 10.1. The molecular formula is C22H21FN8O2. The van der Waals surface area contributed by atoms with Gasteiger partial charge in [-0.05, 0) is 37.8 Å². The van der Waals surface area contributed by atoms with E-state index in [1.165, 1.54) is 18.5 Å². The molecule has 3 heterocycles. The van der Waals surface area contributed by atoms with Gasteiger partial charge in [-0.25, -0.2) is 23.8 Å². The number of urea groups is 1. The zero-order valence-corrected chi connectivity index (χ0v) is 17.8. The normalized spacial score (nSPS) is 16.7. The van der Waals surface area contributed by atoms with E-state index in [1.807, 2.05) is 4.68 Å². The number of carbonyl (C=O) groups is 1. The van der Waals surface area contributed by atoms with Gasteiger partial charge in [-0.3, -0.25) is 5.32 Å². The Morgan fingerprint density at radius 1 is 1.24 bits per heavy atom. The van der Waals surface area contributed by atoms with Crippen LogP contribution in [0.4, 0.5) is 26.5 Å². The molecule has 0 aliphatic heterocycles. The molecule has 0 bridgehead atoms. The summed E-state index contributed by atoms with van der Waals surface area (Å²) in [5.74, 6) is 0.684. The molecule has 11 heteroatoms. The van der Waals surface area contributed by atoms with Gasteiger partial charge in [-0.1, -0.05) is 18.1 Å². The summed E-state index contributed by atoms with van der Waals surface area (Å²) in [7, 11) is 0. The molecule has 0 atom stereocenters. The highest BCUT2D eigenvalue weighted by atomic mass is 19.1. The van der Waals surface area contributed by atoms with Gasteiger partial charge in [0.05, 0.1) is 17.1 Å². The number of amides is 2. The van der Waals surface area contributed by atoms with E-state index in [0.29, 0.717) is 22.3 Å². The Balaban J connectivity index is 1.24. The number of anilines is 3. The van der Waals surface area contributed by atoms with Crippen LogP contribution in [-0.4, -0.2) is 30.9 Å². The van der Waals surface area contributed by atoms with Crippen molar-refractivity contribution >= 4 is 34.4 Å². The van der Waals surface area contributed by atoms with Crippen molar-refractivity contribution in [2.24, 2.45) is 0 Å². The van der Waals surface area contributed by atoms with Crippen molar-refractivity contribution in [1.29, 1.82) is 0 Å². The van der Waals surface area contributed by atoms with Crippen LogP contribution in [0.2, 0.25) is 0 Å². The third kappa shape index (κ3) is 3.45. The van der Waals surface area contributed by atoms with E-state index in [9.17, 15) is 9.18 Å². The zero-order chi connectivity index (χ0) is 22.7. The minimum absolute atomic E-state index is 0.00353. The molecule has 33 heavy (non-hydrogen) atoms. The van der Waals surface area contributed by atoms with E-state index in [2.05, 4.69) is 37.8 Å². The van der Waals surface area contributed by atoms with Crippen LogP contribution in [-0.2, 0) is 5.41 Å². The van der Waals surface area contributed by atoms with Gasteiger partial charge in [0.2, 0.25) is 0 Å². The number of nitrogens with one attached hydrogen (secondary N) is 2. The Bertz CT molecular complexity index is 1400. The molecule has 2 amide bonds. The smallest absolute Gasteiger partial charge is 0.325 e. The van der Waals surface area contributed by atoms with Gasteiger partial charge in [-0.15, -0.1) is 0 Å². The van der Waals surface area contributed by atoms with Crippen molar-refractivity contribution in [3.8, 4) is 11.3 Å². The van der Waals surface area contributed by atoms with Crippen molar-refractivity contribution in [3.63, 3.8) is 0 Å². The van der Waals surface area contributed by atoms with E-state index in [0.717, 1.165) is 31.4 Å². The van der Waals surface area contributed by atoms with Crippen LogP contribution in [0.3, 0.4) is 0 Å². The van der Waals surface area contributed by atoms with Gasteiger partial charge in [0.25, 0.3) is 0 Å². The minimum atomic E-state index is -0.622. The lowest BCUT2D eigenvalue weighted by Crippen LogP contribution is -2.20. The molecule has 6 rings (SSSR count). The van der Waals surface area contributed by atoms with Gasteiger partial charge < -0.3 is 15.6 Å². The molecule has 0 radical (unpaired) electrons. The molecule has 4 N–H and O–H groups in total. The first-order chi connectivity index (χ1) is 15.9. The minimum Gasteiger partial charge on any atom is -0.383 e. The van der Waals surface area contributed by atoms with Crippen LogP contribution >= 0.6 is 0 Å². The maximum absolute atomic E-state index is 14.9. The summed E-state index contributed by atoms with van der Waals surface area (Å²) in [6.07, 6.45) is 5.48. The summed E-state index contributed by atoms with van der Waals surface area (Å²) in [5.41, 5.74) is 7.76. The van der Waals surface area contributed by atoms with Crippen molar-refractivity contribution in [3.05, 3.63) is 42.2 Å². The van der Waals surface area contributed by atoms with E-state index in [-0.39, 0.29) is 28.8 Å². The predicted molar refractivity (Wildman–Crippen MR) is 119 cm³/mol. The summed E-state index contributed by atoms with van der Waals surface area (Å²) in [5, 5.41) is 14.2. The molecule has 2 fully saturated rings. The Labute approximate surface area is 187 Å². The van der Waals surface area contributed by atoms with Gasteiger partial charge in [0.1, 0.15) is 29.4 Å². The molecule has 4 aromatic rings. The summed E-state index contributed by atoms with van der Waals surface area (Å²) in [4.78, 5) is 20.7. The van der Waals surface area contributed by atoms with Crippen LogP contribution in [0.15, 0.2) is 35.1 Å². The Kier molecular flexibility index (Phi) is 4.16. The Morgan fingerprint density at radius 3 is 2.79 bits per heavy atom. The number of hydrogen-bond acceptors (Lipinski definition) is 7. The fourth-order valence-corrected chi connectivity index (χ4v) is 3.86. The number of rotatable bonds is 5. The first-order valence-corrected chi connectivity index (χ1v) is 10.8. The molecule has 0 spiro atoms. The van der Waals surface area contributed by atoms with E-state index >= 15 is 0 Å². The molecule has 0 unspecified atom stereocenters. The molecule has 2 aliphatic carbocycles. The van der Waals surface area contributed by atoms with E-state index in [4.69, 9.17) is 10.3 Å². The van der Waals surface area contributed by atoms with Crippen molar-refractivity contribution in [2.75, 3.05) is 16.4 Å². The molecule has 2 saturated carbocycles. The second kappa shape index (κ2) is 6.99. The van der Waals surface area contributed by atoms with Crippen molar-refractivity contribution < 1.29 is 13.7 Å². The number of nitrogens with two attached hydrogens (primary N) is 1. The monoisotopic (exact) mass is 448 g/mol. The lowest BCUT2D eigenvalue weighted by Gasteiger charge is -2.08. The number of nitrogens with zero attached hydrogens (tertiary/aromatic N) is 5. The largest absolute Gasteiger partial charge is 0.383 e. The van der Waals surface area contributed by atoms with Crippen molar-refractivity contribution in [1.82, 2.24) is 24.9 Å². The lowest BCUT2D eigenvalue weighted by molar-refractivity contribution is 0.261. The third-order valence-corrected chi connectivity index (χ3v) is 6.25. The topological polar surface area (TPSA) is 137 Å². The fourth-order valence-electron chi connectivity index (χ4n) is 3.86. The third-order valence-electron chi connectivity index (χ3n) is 6.25. The molecule has 168 valence electrons. The second-order valence-corrected chi connectivity index (χ2v) is 8.89. The van der Waals surface area contributed by atoms with Crippen LogP contribution in [0, 0.1) is 5.82 Å². The van der Waals surface area contributed by atoms with Gasteiger partial charge >= 0.3 is 6.03 Å². The highest BCUT2D eigenvalue weighted by Gasteiger charge is 2.43. The van der Waals surface area contributed by atoms with Crippen LogP contribution in [0.5, 0.6) is 0 Å². The number of benzene rings is 1. The van der Waals surface area contributed by atoms with Crippen molar-refractivity contribution in [2.45, 2.75) is 44.1 Å². The molecule has 3 aromatic heterocycles.